The molecule has 2 atom stereocenters. The van der Waals surface area contributed by atoms with Gasteiger partial charge in [-0.2, -0.15) is 0 Å². The van der Waals surface area contributed by atoms with Crippen molar-refractivity contribution in [2.45, 2.75) is 62.6 Å². The molecule has 23 heavy (non-hydrogen) atoms. The van der Waals surface area contributed by atoms with Crippen molar-refractivity contribution in [3.05, 3.63) is 35.9 Å². The number of benzene rings is 1. The fourth-order valence-electron chi connectivity index (χ4n) is 3.13. The molecule has 2 unspecified atom stereocenters. The second kappa shape index (κ2) is 7.39. The van der Waals surface area contributed by atoms with Gasteiger partial charge in [0.2, 0.25) is 0 Å². The van der Waals surface area contributed by atoms with Gasteiger partial charge >= 0.3 is 5.97 Å². The summed E-state index contributed by atoms with van der Waals surface area (Å²) in [6, 6.07) is 8.17. The number of carbonyl (C=O) groups excluding carboxylic acids is 1. The smallest absolute Gasteiger partial charge is 0.327 e. The molecule has 0 aliphatic carbocycles. The first-order chi connectivity index (χ1) is 10.9. The summed E-state index contributed by atoms with van der Waals surface area (Å²) >= 11 is 1.61. The maximum atomic E-state index is 12.9. The van der Waals surface area contributed by atoms with Gasteiger partial charge in [-0.1, -0.05) is 44.4 Å². The fourth-order valence-corrected chi connectivity index (χ4v) is 4.79. The molecule has 1 saturated heterocycles. The van der Waals surface area contributed by atoms with E-state index < -0.39 is 16.8 Å². The van der Waals surface area contributed by atoms with Crippen molar-refractivity contribution in [1.82, 2.24) is 4.90 Å². The lowest BCUT2D eigenvalue weighted by atomic mass is 10.00. The molecule has 0 aromatic heterocycles. The number of carboxylic acids is 1. The molecule has 1 N–H and O–H groups in total. The zero-order valence-corrected chi connectivity index (χ0v) is 14.8. The Bertz CT molecular complexity index is 559. The molecular formula is C18H25NO3S. The van der Waals surface area contributed by atoms with Crippen LogP contribution in [0.2, 0.25) is 0 Å². The number of aliphatic carboxylic acids is 1. The van der Waals surface area contributed by atoms with Gasteiger partial charge in [-0.25, -0.2) is 4.79 Å². The van der Waals surface area contributed by atoms with Crippen molar-refractivity contribution in [3.8, 4) is 0 Å². The predicted octanol–water partition coefficient (Wildman–Crippen LogP) is 4.01. The van der Waals surface area contributed by atoms with Gasteiger partial charge in [-0.05, 0) is 32.4 Å². The van der Waals surface area contributed by atoms with E-state index in [1.54, 1.807) is 28.8 Å². The standard InChI is InChI=1S/C18H25NO3S/c1-4-5-7-12-14-19(15(17(21)22)18(2,3)23-14)16(20)13-10-8-6-9-11-13/h6,8-11,14-15H,4-5,7,12H2,1-3H3,(H,21,22). The SMILES string of the molecule is CCCCCC1SC(C)(C)C(C(=O)O)N1C(=O)c1ccccc1. The maximum Gasteiger partial charge on any atom is 0.327 e. The molecule has 5 heteroatoms. The second-order valence-corrected chi connectivity index (χ2v) is 8.32. The van der Waals surface area contributed by atoms with Crippen molar-refractivity contribution >= 4 is 23.6 Å². The van der Waals surface area contributed by atoms with Gasteiger partial charge in [0.15, 0.2) is 0 Å². The Balaban J connectivity index is 2.31. The molecule has 1 aromatic carbocycles. The number of hydrogen-bond donors (Lipinski definition) is 1. The number of unbranched alkanes of at least 4 members (excludes halogenated alkanes) is 2. The van der Waals surface area contributed by atoms with Crippen LogP contribution in [0.1, 0.15) is 56.8 Å². The van der Waals surface area contributed by atoms with Crippen molar-refractivity contribution in [3.63, 3.8) is 0 Å². The minimum absolute atomic E-state index is 0.0784. The Kier molecular flexibility index (Phi) is 5.74. The Morgan fingerprint density at radius 1 is 1.22 bits per heavy atom. The van der Waals surface area contributed by atoms with E-state index in [0.29, 0.717) is 5.56 Å². The highest BCUT2D eigenvalue weighted by Crippen LogP contribution is 2.46. The van der Waals surface area contributed by atoms with Crippen LogP contribution in [-0.4, -0.2) is 38.0 Å². The number of amides is 1. The van der Waals surface area contributed by atoms with E-state index in [0.717, 1.165) is 25.7 Å². The molecule has 0 bridgehead atoms. The van der Waals surface area contributed by atoms with Crippen LogP contribution in [0.25, 0.3) is 0 Å². The predicted molar refractivity (Wildman–Crippen MR) is 93.6 cm³/mol. The van der Waals surface area contributed by atoms with Gasteiger partial charge in [0.25, 0.3) is 5.91 Å². The highest BCUT2D eigenvalue weighted by atomic mass is 32.2. The summed E-state index contributed by atoms with van der Waals surface area (Å²) in [7, 11) is 0. The van der Waals surface area contributed by atoms with Crippen molar-refractivity contribution in [1.29, 1.82) is 0 Å². The third-order valence-electron chi connectivity index (χ3n) is 4.23. The molecule has 1 fully saturated rings. The van der Waals surface area contributed by atoms with Gasteiger partial charge in [-0.3, -0.25) is 4.79 Å². The topological polar surface area (TPSA) is 57.6 Å². The van der Waals surface area contributed by atoms with Gasteiger partial charge in [-0.15, -0.1) is 11.8 Å². The van der Waals surface area contributed by atoms with E-state index in [4.69, 9.17) is 0 Å². The Labute approximate surface area is 142 Å². The van der Waals surface area contributed by atoms with Gasteiger partial charge in [0, 0.05) is 10.3 Å². The quantitative estimate of drug-likeness (QED) is 0.798. The van der Waals surface area contributed by atoms with Crippen molar-refractivity contribution in [2.24, 2.45) is 0 Å². The average Bonchev–Trinajstić information content (AvgIpc) is 2.78. The van der Waals surface area contributed by atoms with Crippen molar-refractivity contribution in [2.75, 3.05) is 0 Å². The molecule has 0 spiro atoms. The number of carbonyl (C=O) groups is 2. The number of hydrogen-bond acceptors (Lipinski definition) is 3. The molecule has 0 saturated carbocycles. The first kappa shape index (κ1) is 17.9. The Morgan fingerprint density at radius 2 is 1.87 bits per heavy atom. The number of rotatable bonds is 6. The van der Waals surface area contributed by atoms with Gasteiger partial charge < -0.3 is 10.0 Å². The molecule has 1 amide bonds. The summed E-state index contributed by atoms with van der Waals surface area (Å²) in [6.07, 6.45) is 4.05. The van der Waals surface area contributed by atoms with E-state index in [9.17, 15) is 14.7 Å². The third kappa shape index (κ3) is 3.89. The summed E-state index contributed by atoms with van der Waals surface area (Å²) in [6.45, 7) is 5.97. The fraction of sp³-hybridized carbons (Fsp3) is 0.556. The first-order valence-electron chi connectivity index (χ1n) is 8.17. The number of carboxylic acid groups (broad SMARTS) is 1. The summed E-state index contributed by atoms with van der Waals surface area (Å²) in [4.78, 5) is 26.4. The molecule has 1 aliphatic heterocycles. The van der Waals surface area contributed by atoms with Crippen LogP contribution in [0.15, 0.2) is 30.3 Å². The second-order valence-electron chi connectivity index (χ2n) is 6.49. The highest BCUT2D eigenvalue weighted by Gasteiger charge is 2.52. The largest absolute Gasteiger partial charge is 0.480 e. The average molecular weight is 335 g/mol. The molecular weight excluding hydrogens is 310 g/mol. The van der Waals surface area contributed by atoms with E-state index >= 15 is 0 Å². The van der Waals surface area contributed by atoms with Crippen LogP contribution in [-0.2, 0) is 4.79 Å². The van der Waals surface area contributed by atoms with E-state index in [1.165, 1.54) is 0 Å². The molecule has 4 nitrogen and oxygen atoms in total. The van der Waals surface area contributed by atoms with Crippen LogP contribution in [0.4, 0.5) is 0 Å². The van der Waals surface area contributed by atoms with Crippen LogP contribution in [0.3, 0.4) is 0 Å². The third-order valence-corrected chi connectivity index (χ3v) is 5.80. The zero-order valence-electron chi connectivity index (χ0n) is 14.0. The minimum Gasteiger partial charge on any atom is -0.480 e. The zero-order chi connectivity index (χ0) is 17.0. The van der Waals surface area contributed by atoms with E-state index in [2.05, 4.69) is 6.92 Å². The van der Waals surface area contributed by atoms with Crippen LogP contribution in [0.5, 0.6) is 0 Å². The molecule has 1 aliphatic rings. The van der Waals surface area contributed by atoms with Crippen molar-refractivity contribution < 1.29 is 14.7 Å². The monoisotopic (exact) mass is 335 g/mol. The summed E-state index contributed by atoms with van der Waals surface area (Å²) in [5.41, 5.74) is 0.553. The van der Waals surface area contributed by atoms with Gasteiger partial charge in [0.1, 0.15) is 6.04 Å². The first-order valence-corrected chi connectivity index (χ1v) is 9.04. The van der Waals surface area contributed by atoms with Gasteiger partial charge in [0.05, 0.1) is 5.37 Å². The lowest BCUT2D eigenvalue weighted by Gasteiger charge is -2.30. The minimum atomic E-state index is -0.926. The number of thioether (sulfide) groups is 1. The highest BCUT2D eigenvalue weighted by molar-refractivity contribution is 8.01. The van der Waals surface area contributed by atoms with Crippen LogP contribution < -0.4 is 0 Å². The summed E-state index contributed by atoms with van der Waals surface area (Å²) < 4.78 is -0.493. The lowest BCUT2D eigenvalue weighted by Crippen LogP contribution is -2.50. The normalized spacial score (nSPS) is 23.0. The summed E-state index contributed by atoms with van der Waals surface area (Å²) in [5.74, 6) is -1.11. The molecule has 1 aromatic rings. The lowest BCUT2D eigenvalue weighted by molar-refractivity contribution is -0.143. The molecule has 0 radical (unpaired) electrons. The van der Waals surface area contributed by atoms with Crippen LogP contribution in [0, 0.1) is 0 Å². The molecule has 2 rings (SSSR count). The molecule has 126 valence electrons. The summed E-state index contributed by atoms with van der Waals surface area (Å²) in [5, 5.41) is 9.62. The van der Waals surface area contributed by atoms with E-state index in [-0.39, 0.29) is 11.3 Å². The number of nitrogens with zero attached hydrogens (tertiary/aromatic N) is 1. The maximum absolute atomic E-state index is 12.9. The Hall–Kier alpha value is -1.49. The Morgan fingerprint density at radius 3 is 2.43 bits per heavy atom. The van der Waals surface area contributed by atoms with E-state index in [1.807, 2.05) is 32.0 Å². The van der Waals surface area contributed by atoms with Crippen LogP contribution >= 0.6 is 11.8 Å². The molecule has 1 heterocycles.